The van der Waals surface area contributed by atoms with Crippen LogP contribution in [0.3, 0.4) is 0 Å². The number of hydrogen-bond donors (Lipinski definition) is 0. The number of fused-ring (bicyclic) bond motifs is 1. The van der Waals surface area contributed by atoms with Crippen molar-refractivity contribution >= 4 is 34.2 Å². The molecule has 0 atom stereocenters. The SMILES string of the molecule is CCOC(=O)C=Cc1ccc(Oc2c(-c3ccsc3)c(C)cc3cc(OC)ccc23)cc1. The minimum absolute atomic E-state index is 0.352. The average molecular weight is 445 g/mol. The zero-order chi connectivity index (χ0) is 22.5. The molecule has 0 fully saturated rings. The highest BCUT2D eigenvalue weighted by molar-refractivity contribution is 7.08. The summed E-state index contributed by atoms with van der Waals surface area (Å²) in [6.45, 7) is 4.24. The number of benzene rings is 3. The van der Waals surface area contributed by atoms with Crippen LogP contribution >= 0.6 is 11.3 Å². The van der Waals surface area contributed by atoms with Crippen molar-refractivity contribution in [1.29, 1.82) is 0 Å². The maximum Gasteiger partial charge on any atom is 0.330 e. The molecule has 32 heavy (non-hydrogen) atoms. The summed E-state index contributed by atoms with van der Waals surface area (Å²) in [7, 11) is 1.67. The van der Waals surface area contributed by atoms with E-state index in [1.807, 2.05) is 42.5 Å². The number of carbonyl (C=O) groups is 1. The van der Waals surface area contributed by atoms with Crippen LogP contribution in [0.4, 0.5) is 0 Å². The summed E-state index contributed by atoms with van der Waals surface area (Å²) in [6.07, 6.45) is 3.16. The number of methoxy groups -OCH3 is 1. The Kier molecular flexibility index (Phi) is 6.57. The predicted octanol–water partition coefficient (Wildman–Crippen LogP) is 7.25. The number of hydrogen-bond acceptors (Lipinski definition) is 5. The lowest BCUT2D eigenvalue weighted by molar-refractivity contribution is -0.137. The Hall–Kier alpha value is -3.57. The molecule has 4 aromatic rings. The van der Waals surface area contributed by atoms with Crippen molar-refractivity contribution in [1.82, 2.24) is 0 Å². The van der Waals surface area contributed by atoms with E-state index in [2.05, 4.69) is 29.8 Å². The van der Waals surface area contributed by atoms with E-state index in [9.17, 15) is 4.79 Å². The van der Waals surface area contributed by atoms with Crippen molar-refractivity contribution in [2.24, 2.45) is 0 Å². The molecule has 0 radical (unpaired) electrons. The van der Waals surface area contributed by atoms with E-state index in [0.717, 1.165) is 50.3 Å². The smallest absolute Gasteiger partial charge is 0.330 e. The van der Waals surface area contributed by atoms with Gasteiger partial charge in [0.1, 0.15) is 17.2 Å². The third-order valence-electron chi connectivity index (χ3n) is 5.11. The fourth-order valence-electron chi connectivity index (χ4n) is 3.60. The van der Waals surface area contributed by atoms with Gasteiger partial charge in [-0.05, 0) is 89.2 Å². The average Bonchev–Trinajstić information content (AvgIpc) is 3.32. The molecule has 0 unspecified atom stereocenters. The molecule has 3 aromatic carbocycles. The standard InChI is InChI=1S/C27H24O4S/c1-4-30-25(28)12-7-19-5-8-22(9-6-19)31-27-24-11-10-23(29-3)16-21(24)15-18(2)26(27)20-13-14-32-17-20/h5-17H,4H2,1-3H3. The first-order valence-electron chi connectivity index (χ1n) is 10.4. The normalized spacial score (nSPS) is 11.1. The number of aryl methyl sites for hydroxylation is 1. The molecule has 0 aliphatic heterocycles. The Bertz CT molecular complexity index is 1260. The second kappa shape index (κ2) is 9.71. The van der Waals surface area contributed by atoms with Gasteiger partial charge < -0.3 is 14.2 Å². The first-order chi connectivity index (χ1) is 15.6. The Balaban J connectivity index is 1.73. The largest absolute Gasteiger partial charge is 0.497 e. The Morgan fingerprint density at radius 3 is 2.50 bits per heavy atom. The number of esters is 1. The number of carbonyl (C=O) groups excluding carboxylic acids is 1. The molecular weight excluding hydrogens is 420 g/mol. The van der Waals surface area contributed by atoms with Crippen molar-refractivity contribution in [3.63, 3.8) is 0 Å². The second-order valence-electron chi connectivity index (χ2n) is 7.25. The summed E-state index contributed by atoms with van der Waals surface area (Å²) in [5.41, 5.74) is 4.24. The van der Waals surface area contributed by atoms with Crippen LogP contribution in [0.5, 0.6) is 17.2 Å². The molecule has 0 bridgehead atoms. The van der Waals surface area contributed by atoms with Crippen LogP contribution in [-0.4, -0.2) is 19.7 Å². The van der Waals surface area contributed by atoms with Crippen molar-refractivity contribution in [2.45, 2.75) is 13.8 Å². The summed E-state index contributed by atoms with van der Waals surface area (Å²) in [5.74, 6) is 1.99. The first kappa shape index (κ1) is 21.7. The predicted molar refractivity (Wildman–Crippen MR) is 131 cm³/mol. The summed E-state index contributed by atoms with van der Waals surface area (Å²) >= 11 is 1.66. The molecule has 1 heterocycles. The maximum atomic E-state index is 11.5. The molecule has 0 amide bonds. The van der Waals surface area contributed by atoms with Gasteiger partial charge in [-0.3, -0.25) is 0 Å². The van der Waals surface area contributed by atoms with Crippen molar-refractivity contribution < 1.29 is 19.0 Å². The zero-order valence-electron chi connectivity index (χ0n) is 18.3. The summed E-state index contributed by atoms with van der Waals surface area (Å²) in [5, 5.41) is 6.28. The van der Waals surface area contributed by atoms with Gasteiger partial charge in [-0.15, -0.1) is 0 Å². The molecule has 0 saturated carbocycles. The fourth-order valence-corrected chi connectivity index (χ4v) is 4.25. The van der Waals surface area contributed by atoms with Gasteiger partial charge in [-0.25, -0.2) is 4.79 Å². The fraction of sp³-hybridized carbons (Fsp3) is 0.148. The lowest BCUT2D eigenvalue weighted by Gasteiger charge is -2.17. The van der Waals surface area contributed by atoms with Crippen LogP contribution in [0, 0.1) is 6.92 Å². The molecular formula is C27H24O4S. The molecule has 0 aliphatic rings. The third kappa shape index (κ3) is 4.68. The van der Waals surface area contributed by atoms with Crippen molar-refractivity contribution in [3.8, 4) is 28.4 Å². The third-order valence-corrected chi connectivity index (χ3v) is 5.79. The molecule has 4 nitrogen and oxygen atoms in total. The minimum atomic E-state index is -0.352. The molecule has 1 aromatic heterocycles. The van der Waals surface area contributed by atoms with Gasteiger partial charge in [0.15, 0.2) is 0 Å². The van der Waals surface area contributed by atoms with E-state index >= 15 is 0 Å². The molecule has 0 aliphatic carbocycles. The lowest BCUT2D eigenvalue weighted by atomic mass is 9.96. The second-order valence-corrected chi connectivity index (χ2v) is 8.03. The van der Waals surface area contributed by atoms with Crippen LogP contribution in [-0.2, 0) is 9.53 Å². The summed E-state index contributed by atoms with van der Waals surface area (Å²) in [6, 6.07) is 17.9. The van der Waals surface area contributed by atoms with E-state index in [0.29, 0.717) is 6.61 Å². The minimum Gasteiger partial charge on any atom is -0.497 e. The Morgan fingerprint density at radius 1 is 1.03 bits per heavy atom. The van der Waals surface area contributed by atoms with Crippen molar-refractivity contribution in [2.75, 3.05) is 13.7 Å². The van der Waals surface area contributed by atoms with Gasteiger partial charge in [0, 0.05) is 17.0 Å². The number of rotatable bonds is 7. The maximum absolute atomic E-state index is 11.5. The van der Waals surface area contributed by atoms with E-state index in [1.165, 1.54) is 6.08 Å². The topological polar surface area (TPSA) is 44.8 Å². The zero-order valence-corrected chi connectivity index (χ0v) is 19.1. The Morgan fingerprint density at radius 2 is 1.81 bits per heavy atom. The number of ether oxygens (including phenoxy) is 3. The van der Waals surface area contributed by atoms with Gasteiger partial charge in [-0.1, -0.05) is 18.2 Å². The molecule has 0 saturated heterocycles. The van der Waals surface area contributed by atoms with Gasteiger partial charge in [-0.2, -0.15) is 11.3 Å². The first-order valence-corrected chi connectivity index (χ1v) is 11.3. The summed E-state index contributed by atoms with van der Waals surface area (Å²) < 4.78 is 16.8. The van der Waals surface area contributed by atoms with E-state index in [-0.39, 0.29) is 5.97 Å². The highest BCUT2D eigenvalue weighted by Crippen LogP contribution is 2.43. The highest BCUT2D eigenvalue weighted by atomic mass is 32.1. The van der Waals surface area contributed by atoms with Crippen LogP contribution in [0.2, 0.25) is 0 Å². The molecule has 0 spiro atoms. The monoisotopic (exact) mass is 444 g/mol. The highest BCUT2D eigenvalue weighted by Gasteiger charge is 2.16. The molecule has 162 valence electrons. The number of thiophene rings is 1. The lowest BCUT2D eigenvalue weighted by Crippen LogP contribution is -1.98. The van der Waals surface area contributed by atoms with Gasteiger partial charge >= 0.3 is 5.97 Å². The molecule has 5 heteroatoms. The van der Waals surface area contributed by atoms with Gasteiger partial charge in [0.25, 0.3) is 0 Å². The molecule has 0 N–H and O–H groups in total. The molecule has 4 rings (SSSR count). The Labute approximate surface area is 191 Å². The van der Waals surface area contributed by atoms with Gasteiger partial charge in [0.05, 0.1) is 13.7 Å². The van der Waals surface area contributed by atoms with Crippen LogP contribution in [0.15, 0.2) is 71.4 Å². The van der Waals surface area contributed by atoms with E-state index in [4.69, 9.17) is 14.2 Å². The van der Waals surface area contributed by atoms with Crippen LogP contribution in [0.1, 0.15) is 18.1 Å². The quantitative estimate of drug-likeness (QED) is 0.222. The van der Waals surface area contributed by atoms with Crippen LogP contribution in [0.25, 0.3) is 28.0 Å². The van der Waals surface area contributed by atoms with E-state index < -0.39 is 0 Å². The van der Waals surface area contributed by atoms with E-state index in [1.54, 1.807) is 31.4 Å². The van der Waals surface area contributed by atoms with Gasteiger partial charge in [0.2, 0.25) is 0 Å². The van der Waals surface area contributed by atoms with Crippen molar-refractivity contribution in [3.05, 3.63) is 82.6 Å². The summed E-state index contributed by atoms with van der Waals surface area (Å²) in [4.78, 5) is 11.5. The van der Waals surface area contributed by atoms with Crippen LogP contribution < -0.4 is 9.47 Å².